The van der Waals surface area contributed by atoms with Gasteiger partial charge in [-0.05, 0) is 100 Å². The number of nitrogens with one attached hydrogen (secondary N) is 1. The summed E-state index contributed by atoms with van der Waals surface area (Å²) >= 11 is 0. The van der Waals surface area contributed by atoms with E-state index in [-0.39, 0.29) is 53.3 Å². The highest BCUT2D eigenvalue weighted by atomic mass is 32.2. The molecular weight excluding hydrogens is 576 g/mol. The van der Waals surface area contributed by atoms with Crippen molar-refractivity contribution in [1.82, 2.24) is 14.9 Å². The summed E-state index contributed by atoms with van der Waals surface area (Å²) in [6.45, 7) is 12.2. The molecular formula is C34H42N4O5S. The van der Waals surface area contributed by atoms with Crippen LogP contribution >= 0.6 is 0 Å². The predicted octanol–water partition coefficient (Wildman–Crippen LogP) is 6.54. The molecule has 0 radical (unpaired) electrons. The number of sulfonamides is 1. The van der Waals surface area contributed by atoms with Gasteiger partial charge in [0, 0.05) is 17.2 Å². The van der Waals surface area contributed by atoms with Crippen LogP contribution in [0.2, 0.25) is 0 Å². The van der Waals surface area contributed by atoms with Gasteiger partial charge in [0.2, 0.25) is 11.7 Å². The lowest BCUT2D eigenvalue weighted by molar-refractivity contribution is 0.00885. The van der Waals surface area contributed by atoms with Crippen molar-refractivity contribution >= 4 is 21.9 Å². The van der Waals surface area contributed by atoms with Gasteiger partial charge in [-0.1, -0.05) is 38.1 Å². The number of carbonyl (C=O) groups is 1. The van der Waals surface area contributed by atoms with E-state index in [0.29, 0.717) is 28.8 Å². The molecule has 4 bridgehead atoms. The SMILES string of the molecule is Cc1cccc(C)c1-c1nc2nc(c1OC(C)C)OC[C@@H](CC(C)C)N(C1CC3(CC3)C1)C(=O)c1cccc(c1)S(=O)(=O)N2. The molecule has 2 fully saturated rings. The van der Waals surface area contributed by atoms with E-state index in [2.05, 4.69) is 23.6 Å². The van der Waals surface area contributed by atoms with E-state index >= 15 is 0 Å². The quantitative estimate of drug-likeness (QED) is 0.334. The third-order valence-corrected chi connectivity index (χ3v) is 10.3. The van der Waals surface area contributed by atoms with Crippen molar-refractivity contribution in [3.8, 4) is 22.9 Å². The Morgan fingerprint density at radius 1 is 1.05 bits per heavy atom. The molecule has 2 saturated carbocycles. The van der Waals surface area contributed by atoms with Crippen molar-refractivity contribution in [2.75, 3.05) is 11.3 Å². The maximum Gasteiger partial charge on any atom is 0.264 e. The Kier molecular flexibility index (Phi) is 7.84. The molecule has 1 spiro atoms. The van der Waals surface area contributed by atoms with Crippen LogP contribution in [0.15, 0.2) is 47.4 Å². The van der Waals surface area contributed by atoms with Gasteiger partial charge in [0.15, 0.2) is 0 Å². The van der Waals surface area contributed by atoms with Crippen molar-refractivity contribution < 1.29 is 22.7 Å². The molecule has 10 heteroatoms. The number of anilines is 1. The maximum atomic E-state index is 14.3. The number of hydrogen-bond donors (Lipinski definition) is 1. The summed E-state index contributed by atoms with van der Waals surface area (Å²) in [5, 5.41) is 0. The van der Waals surface area contributed by atoms with E-state index < -0.39 is 10.0 Å². The van der Waals surface area contributed by atoms with Gasteiger partial charge in [0.25, 0.3) is 21.8 Å². The van der Waals surface area contributed by atoms with E-state index in [4.69, 9.17) is 14.5 Å². The molecule has 6 rings (SSSR count). The zero-order chi connectivity index (χ0) is 31.4. The van der Waals surface area contributed by atoms with Gasteiger partial charge in [-0.25, -0.2) is 18.1 Å². The number of nitrogens with zero attached hydrogens (tertiary/aromatic N) is 3. The summed E-state index contributed by atoms with van der Waals surface area (Å²) < 4.78 is 42.9. The van der Waals surface area contributed by atoms with E-state index in [1.54, 1.807) is 12.1 Å². The van der Waals surface area contributed by atoms with Gasteiger partial charge in [0.1, 0.15) is 12.3 Å². The van der Waals surface area contributed by atoms with E-state index in [9.17, 15) is 13.2 Å². The van der Waals surface area contributed by atoms with E-state index in [1.807, 2.05) is 50.8 Å². The molecule has 2 aromatic carbocycles. The smallest absolute Gasteiger partial charge is 0.264 e. The zero-order valence-electron chi connectivity index (χ0n) is 26.4. The summed E-state index contributed by atoms with van der Waals surface area (Å²) in [7, 11) is -4.15. The van der Waals surface area contributed by atoms with Crippen LogP contribution in [-0.2, 0) is 10.0 Å². The molecule has 1 aromatic heterocycles. The summed E-state index contributed by atoms with van der Waals surface area (Å²) in [6.07, 6.45) is 4.82. The first-order valence-electron chi connectivity index (χ1n) is 15.6. The molecule has 1 amide bonds. The predicted molar refractivity (Wildman–Crippen MR) is 170 cm³/mol. The first-order valence-corrected chi connectivity index (χ1v) is 17.1. The number of aromatic nitrogens is 2. The number of amides is 1. The number of rotatable bonds is 6. The van der Waals surface area contributed by atoms with Crippen molar-refractivity contribution in [2.24, 2.45) is 11.3 Å². The first-order chi connectivity index (χ1) is 20.9. The molecule has 2 heterocycles. The van der Waals surface area contributed by atoms with Crippen LogP contribution in [0, 0.1) is 25.2 Å². The molecule has 1 aliphatic heterocycles. The number of hydrogen-bond acceptors (Lipinski definition) is 7. The van der Waals surface area contributed by atoms with Crippen LogP contribution in [0.3, 0.4) is 0 Å². The molecule has 0 saturated heterocycles. The summed E-state index contributed by atoms with van der Waals surface area (Å²) in [5.74, 6) is 0.469. The van der Waals surface area contributed by atoms with Gasteiger partial charge in [-0.3, -0.25) is 4.79 Å². The van der Waals surface area contributed by atoms with E-state index in [1.165, 1.54) is 25.0 Å². The number of aryl methyl sites for hydroxylation is 2. The lowest BCUT2D eigenvalue weighted by atomic mass is 9.75. The minimum atomic E-state index is -4.15. The maximum absolute atomic E-state index is 14.3. The van der Waals surface area contributed by atoms with Crippen molar-refractivity contribution in [3.63, 3.8) is 0 Å². The van der Waals surface area contributed by atoms with Crippen LogP contribution in [-0.4, -0.2) is 54.0 Å². The highest BCUT2D eigenvalue weighted by Crippen LogP contribution is 2.62. The average Bonchev–Trinajstić information content (AvgIpc) is 3.73. The Morgan fingerprint density at radius 3 is 2.36 bits per heavy atom. The number of benzene rings is 2. The van der Waals surface area contributed by atoms with Crippen LogP contribution in [0.4, 0.5) is 5.95 Å². The van der Waals surface area contributed by atoms with Crippen LogP contribution in [0.1, 0.15) is 81.3 Å². The topological polar surface area (TPSA) is 111 Å². The van der Waals surface area contributed by atoms with Crippen molar-refractivity contribution in [3.05, 3.63) is 59.2 Å². The summed E-state index contributed by atoms with van der Waals surface area (Å²) in [6, 6.07) is 12.0. The van der Waals surface area contributed by atoms with Gasteiger partial charge in [0.05, 0.1) is 17.0 Å². The molecule has 3 aromatic rings. The van der Waals surface area contributed by atoms with Crippen molar-refractivity contribution in [2.45, 2.75) is 96.7 Å². The lowest BCUT2D eigenvalue weighted by Crippen LogP contribution is -2.55. The Morgan fingerprint density at radius 2 is 1.73 bits per heavy atom. The highest BCUT2D eigenvalue weighted by Gasteiger charge is 2.56. The van der Waals surface area contributed by atoms with Crippen LogP contribution in [0.25, 0.3) is 11.3 Å². The van der Waals surface area contributed by atoms with Gasteiger partial charge in [-0.2, -0.15) is 4.98 Å². The molecule has 1 N–H and O–H groups in total. The van der Waals surface area contributed by atoms with Gasteiger partial charge < -0.3 is 14.4 Å². The monoisotopic (exact) mass is 618 g/mol. The van der Waals surface area contributed by atoms with Crippen LogP contribution < -0.4 is 14.2 Å². The minimum absolute atomic E-state index is 0.0302. The second-order valence-corrected chi connectivity index (χ2v) is 15.1. The number of ether oxygens (including phenoxy) is 2. The molecule has 44 heavy (non-hydrogen) atoms. The number of fused-ring (bicyclic) bond motifs is 4. The van der Waals surface area contributed by atoms with Gasteiger partial charge in [-0.15, -0.1) is 0 Å². The minimum Gasteiger partial charge on any atom is -0.484 e. The fourth-order valence-electron chi connectivity index (χ4n) is 6.73. The Balaban J connectivity index is 1.54. The zero-order valence-corrected chi connectivity index (χ0v) is 27.2. The fourth-order valence-corrected chi connectivity index (χ4v) is 7.72. The normalized spacial score (nSPS) is 20.7. The third kappa shape index (κ3) is 5.88. The summed E-state index contributed by atoms with van der Waals surface area (Å²) in [5.41, 5.74) is 3.88. The Labute approximate surface area is 260 Å². The molecule has 234 valence electrons. The van der Waals surface area contributed by atoms with E-state index in [0.717, 1.165) is 29.5 Å². The third-order valence-electron chi connectivity index (χ3n) is 8.99. The highest BCUT2D eigenvalue weighted by molar-refractivity contribution is 7.92. The second-order valence-electron chi connectivity index (χ2n) is 13.5. The largest absolute Gasteiger partial charge is 0.484 e. The standard InChI is InChI=1S/C34H42N4O5S/c1-20(2)15-25-19-42-31-30(43-21(3)4)29(28-22(5)9-7-10-23(28)6)35-33(36-31)37-44(40,41)27-12-8-11-24(16-27)32(39)38(25)26-17-34(18-26)13-14-34/h7-12,16,20-21,25-26H,13-15,17-19H2,1-6H3,(H,35,36,37)/t25-/m1/s1. The molecule has 1 atom stereocenters. The molecule has 2 aliphatic carbocycles. The Bertz CT molecular complexity index is 1670. The van der Waals surface area contributed by atoms with Gasteiger partial charge >= 0.3 is 0 Å². The molecule has 9 nitrogen and oxygen atoms in total. The summed E-state index contributed by atoms with van der Waals surface area (Å²) in [4.78, 5) is 25.5. The van der Waals surface area contributed by atoms with Crippen LogP contribution in [0.5, 0.6) is 11.6 Å². The number of carbonyl (C=O) groups excluding carboxylic acids is 1. The van der Waals surface area contributed by atoms with Crippen molar-refractivity contribution in [1.29, 1.82) is 0 Å². The fraction of sp³-hybridized carbons (Fsp3) is 0.500. The second kappa shape index (κ2) is 11.4. The molecule has 3 aliphatic rings. The first kappa shape index (κ1) is 30.4. The average molecular weight is 619 g/mol. The lowest BCUT2D eigenvalue weighted by Gasteiger charge is -2.47. The molecule has 0 unspecified atom stereocenters. The Hall–Kier alpha value is -3.66.